The smallest absolute Gasteiger partial charge is 0.302 e. The number of halogens is 1. The molecule has 3 heteroatoms. The lowest BCUT2D eigenvalue weighted by molar-refractivity contribution is -0.141. The zero-order valence-corrected chi connectivity index (χ0v) is 12.3. The highest BCUT2D eigenvalue weighted by molar-refractivity contribution is 5.65. The second kappa shape index (κ2) is 15.2. The summed E-state index contributed by atoms with van der Waals surface area (Å²) in [5, 5.41) is 0. The van der Waals surface area contributed by atoms with Gasteiger partial charge in [-0.05, 0) is 25.7 Å². The van der Waals surface area contributed by atoms with Gasteiger partial charge in [0.2, 0.25) is 0 Å². The summed E-state index contributed by atoms with van der Waals surface area (Å²) < 4.78 is 16.7. The van der Waals surface area contributed by atoms with Gasteiger partial charge in [-0.15, -0.1) is 0 Å². The van der Waals surface area contributed by atoms with Crippen LogP contribution in [0.25, 0.3) is 0 Å². The summed E-state index contributed by atoms with van der Waals surface area (Å²) in [4.78, 5) is 10.5. The second-order valence-corrected chi connectivity index (χ2v) is 4.91. The van der Waals surface area contributed by atoms with Crippen LogP contribution in [-0.2, 0) is 9.53 Å². The van der Waals surface area contributed by atoms with Crippen molar-refractivity contribution >= 4 is 5.97 Å². The van der Waals surface area contributed by atoms with Gasteiger partial charge in [-0.1, -0.05) is 50.7 Å². The number of hydrogen-bond acceptors (Lipinski definition) is 2. The van der Waals surface area contributed by atoms with E-state index in [0.717, 1.165) is 19.3 Å². The van der Waals surface area contributed by atoms with Crippen molar-refractivity contribution in [3.05, 3.63) is 12.2 Å². The first-order valence-corrected chi connectivity index (χ1v) is 7.61. The maximum atomic E-state index is 11.8. The first kappa shape index (κ1) is 18.1. The summed E-state index contributed by atoms with van der Waals surface area (Å²) in [6.07, 6.45) is 15.4. The Kier molecular flexibility index (Phi) is 14.5. The second-order valence-electron chi connectivity index (χ2n) is 4.91. The van der Waals surface area contributed by atoms with E-state index >= 15 is 0 Å². The van der Waals surface area contributed by atoms with Gasteiger partial charge in [0.15, 0.2) is 0 Å². The number of rotatable bonds is 13. The minimum absolute atomic E-state index is 0.180. The van der Waals surface area contributed by atoms with Crippen molar-refractivity contribution in [1.82, 2.24) is 0 Å². The first-order valence-electron chi connectivity index (χ1n) is 7.61. The average Bonchev–Trinajstić information content (AvgIpc) is 2.39. The largest absolute Gasteiger partial charge is 0.466 e. The Morgan fingerprint density at radius 1 is 0.895 bits per heavy atom. The third-order valence-corrected chi connectivity index (χ3v) is 3.01. The van der Waals surface area contributed by atoms with Crippen LogP contribution in [0.4, 0.5) is 4.39 Å². The topological polar surface area (TPSA) is 26.3 Å². The molecule has 19 heavy (non-hydrogen) atoms. The summed E-state index contributed by atoms with van der Waals surface area (Å²) in [6, 6.07) is 0. The van der Waals surface area contributed by atoms with Gasteiger partial charge in [-0.3, -0.25) is 9.18 Å². The Morgan fingerprint density at radius 2 is 1.42 bits per heavy atom. The van der Waals surface area contributed by atoms with E-state index in [4.69, 9.17) is 4.74 Å². The minimum atomic E-state index is -0.242. The summed E-state index contributed by atoms with van der Waals surface area (Å²) in [7, 11) is 0. The molecule has 0 aliphatic heterocycles. The van der Waals surface area contributed by atoms with Crippen LogP contribution in [0.5, 0.6) is 0 Å². The summed E-state index contributed by atoms with van der Waals surface area (Å²) in [5.74, 6) is -0.180. The Bertz CT molecular complexity index is 227. The van der Waals surface area contributed by atoms with Gasteiger partial charge in [0.25, 0.3) is 0 Å². The normalized spacial score (nSPS) is 11.1. The lowest BCUT2D eigenvalue weighted by Crippen LogP contribution is -2.00. The molecule has 0 atom stereocenters. The Morgan fingerprint density at radius 3 is 2.00 bits per heavy atom. The van der Waals surface area contributed by atoms with E-state index in [1.54, 1.807) is 0 Å². The Labute approximate surface area is 117 Å². The zero-order valence-electron chi connectivity index (χ0n) is 12.3. The molecule has 0 unspecified atom stereocenters. The maximum absolute atomic E-state index is 11.8. The molecule has 112 valence electrons. The monoisotopic (exact) mass is 272 g/mol. The molecule has 0 radical (unpaired) electrons. The van der Waals surface area contributed by atoms with Crippen LogP contribution in [0.2, 0.25) is 0 Å². The third-order valence-electron chi connectivity index (χ3n) is 3.01. The van der Waals surface area contributed by atoms with Crippen molar-refractivity contribution in [3.8, 4) is 0 Å². The van der Waals surface area contributed by atoms with Crippen molar-refractivity contribution < 1.29 is 13.9 Å². The quantitative estimate of drug-likeness (QED) is 0.268. The molecule has 0 heterocycles. The SMILES string of the molecule is CC(=O)OCCCCCCCCCC/C=C\CCF. The number of carbonyl (C=O) groups excluding carboxylic acids is 1. The van der Waals surface area contributed by atoms with Gasteiger partial charge in [0, 0.05) is 6.92 Å². The Balaban J connectivity index is 3.01. The summed E-state index contributed by atoms with van der Waals surface area (Å²) in [5.41, 5.74) is 0. The first-order chi connectivity index (χ1) is 9.27. The molecule has 0 aromatic heterocycles. The molecule has 0 aliphatic carbocycles. The molecule has 0 fully saturated rings. The highest BCUT2D eigenvalue weighted by Crippen LogP contribution is 2.10. The van der Waals surface area contributed by atoms with E-state index in [2.05, 4.69) is 6.08 Å². The van der Waals surface area contributed by atoms with Crippen LogP contribution in [0.15, 0.2) is 12.2 Å². The number of unbranched alkanes of at least 4 members (excludes halogenated alkanes) is 8. The van der Waals surface area contributed by atoms with Gasteiger partial charge in [-0.25, -0.2) is 0 Å². The molecular formula is C16H29FO2. The van der Waals surface area contributed by atoms with E-state index < -0.39 is 0 Å². The fourth-order valence-electron chi connectivity index (χ4n) is 1.94. The third kappa shape index (κ3) is 17.1. The number of hydrogen-bond donors (Lipinski definition) is 0. The minimum Gasteiger partial charge on any atom is -0.466 e. The number of allylic oxidation sites excluding steroid dienone is 2. The van der Waals surface area contributed by atoms with E-state index in [9.17, 15) is 9.18 Å². The van der Waals surface area contributed by atoms with E-state index in [0.29, 0.717) is 13.0 Å². The van der Waals surface area contributed by atoms with Gasteiger partial charge >= 0.3 is 5.97 Å². The molecule has 0 bridgehead atoms. The molecule has 0 aromatic rings. The fraction of sp³-hybridized carbons (Fsp3) is 0.812. The molecule has 2 nitrogen and oxygen atoms in total. The molecule has 0 N–H and O–H groups in total. The molecule has 0 saturated heterocycles. The predicted molar refractivity (Wildman–Crippen MR) is 77.9 cm³/mol. The highest BCUT2D eigenvalue weighted by Gasteiger charge is 1.94. The van der Waals surface area contributed by atoms with Crippen molar-refractivity contribution in [2.24, 2.45) is 0 Å². The average molecular weight is 272 g/mol. The lowest BCUT2D eigenvalue weighted by atomic mass is 10.1. The highest BCUT2D eigenvalue weighted by atomic mass is 19.1. The van der Waals surface area contributed by atoms with Gasteiger partial charge in [0.1, 0.15) is 0 Å². The summed E-state index contributed by atoms with van der Waals surface area (Å²) in [6.45, 7) is 1.78. The van der Waals surface area contributed by atoms with Crippen LogP contribution in [0.1, 0.15) is 71.1 Å². The van der Waals surface area contributed by atoms with Crippen LogP contribution in [-0.4, -0.2) is 19.3 Å². The molecule has 0 rings (SSSR count). The summed E-state index contributed by atoms with van der Waals surface area (Å²) >= 11 is 0. The van der Waals surface area contributed by atoms with E-state index in [1.165, 1.54) is 45.4 Å². The predicted octanol–water partition coefficient (Wildman–Crippen LogP) is 4.98. The molecule has 0 saturated carbocycles. The van der Waals surface area contributed by atoms with Crippen molar-refractivity contribution in [1.29, 1.82) is 0 Å². The number of alkyl halides is 1. The van der Waals surface area contributed by atoms with Gasteiger partial charge in [-0.2, -0.15) is 0 Å². The number of esters is 1. The fourth-order valence-corrected chi connectivity index (χ4v) is 1.94. The standard InChI is InChI=1S/C16H29FO2/c1-16(18)19-15-13-11-9-7-5-3-2-4-6-8-10-12-14-17/h8,10H,2-7,9,11-15H2,1H3/b10-8-. The van der Waals surface area contributed by atoms with Gasteiger partial charge < -0.3 is 4.74 Å². The molecule has 0 amide bonds. The molecular weight excluding hydrogens is 243 g/mol. The van der Waals surface area contributed by atoms with Crippen molar-refractivity contribution in [2.45, 2.75) is 71.1 Å². The van der Waals surface area contributed by atoms with E-state index in [-0.39, 0.29) is 12.6 Å². The Hall–Kier alpha value is -0.860. The van der Waals surface area contributed by atoms with Crippen LogP contribution in [0, 0.1) is 0 Å². The van der Waals surface area contributed by atoms with Crippen molar-refractivity contribution in [3.63, 3.8) is 0 Å². The van der Waals surface area contributed by atoms with Crippen LogP contribution >= 0.6 is 0 Å². The van der Waals surface area contributed by atoms with E-state index in [1.807, 2.05) is 6.08 Å². The van der Waals surface area contributed by atoms with Crippen molar-refractivity contribution in [2.75, 3.05) is 13.3 Å². The number of ether oxygens (including phenoxy) is 1. The van der Waals surface area contributed by atoms with Crippen LogP contribution in [0.3, 0.4) is 0 Å². The lowest BCUT2D eigenvalue weighted by Gasteiger charge is -2.02. The zero-order chi connectivity index (χ0) is 14.2. The van der Waals surface area contributed by atoms with Gasteiger partial charge in [0.05, 0.1) is 13.3 Å². The maximum Gasteiger partial charge on any atom is 0.302 e. The molecule has 0 aliphatic rings. The molecule has 0 spiro atoms. The van der Waals surface area contributed by atoms with Crippen LogP contribution < -0.4 is 0 Å². The number of carbonyl (C=O) groups is 1. The molecule has 0 aromatic carbocycles.